The molecule has 2 rings (SSSR count). The van der Waals surface area contributed by atoms with Crippen molar-refractivity contribution in [1.29, 1.82) is 0 Å². The van der Waals surface area contributed by atoms with Crippen molar-refractivity contribution in [3.8, 4) is 0 Å². The molecule has 2 N–H and O–H groups in total. The van der Waals surface area contributed by atoms with Crippen LogP contribution in [-0.2, 0) is 4.79 Å². The van der Waals surface area contributed by atoms with E-state index in [1.807, 2.05) is 0 Å². The van der Waals surface area contributed by atoms with Gasteiger partial charge in [-0.05, 0) is 50.5 Å². The van der Waals surface area contributed by atoms with Crippen molar-refractivity contribution in [2.75, 3.05) is 13.1 Å². The Morgan fingerprint density at radius 3 is 2.68 bits per heavy atom. The van der Waals surface area contributed by atoms with Crippen molar-refractivity contribution in [1.82, 2.24) is 10.6 Å². The Labute approximate surface area is 117 Å². The number of carbonyl (C=O) groups is 1. The van der Waals surface area contributed by atoms with Gasteiger partial charge in [-0.15, -0.1) is 0 Å². The molecule has 1 saturated carbocycles. The number of hydrogen-bond acceptors (Lipinski definition) is 2. The van der Waals surface area contributed by atoms with Crippen LogP contribution < -0.4 is 10.6 Å². The normalized spacial score (nSPS) is 34.2. The van der Waals surface area contributed by atoms with Gasteiger partial charge < -0.3 is 10.6 Å². The van der Waals surface area contributed by atoms with Crippen LogP contribution >= 0.6 is 0 Å². The van der Waals surface area contributed by atoms with Crippen molar-refractivity contribution in [3.05, 3.63) is 0 Å². The molecular formula is C16H30N2O. The molecule has 2 fully saturated rings. The van der Waals surface area contributed by atoms with Crippen LogP contribution in [0.2, 0.25) is 0 Å². The van der Waals surface area contributed by atoms with Crippen LogP contribution in [0.3, 0.4) is 0 Å². The van der Waals surface area contributed by atoms with E-state index in [2.05, 4.69) is 31.4 Å². The van der Waals surface area contributed by atoms with Crippen molar-refractivity contribution in [2.45, 2.75) is 71.8 Å². The van der Waals surface area contributed by atoms with Gasteiger partial charge in [0.2, 0.25) is 5.91 Å². The van der Waals surface area contributed by atoms with E-state index < -0.39 is 0 Å². The molecule has 2 unspecified atom stereocenters. The highest BCUT2D eigenvalue weighted by Gasteiger charge is 2.41. The molecule has 1 heterocycles. The lowest BCUT2D eigenvalue weighted by atomic mass is 9.76. The van der Waals surface area contributed by atoms with Crippen LogP contribution in [-0.4, -0.2) is 25.0 Å². The summed E-state index contributed by atoms with van der Waals surface area (Å²) in [7, 11) is 0. The highest BCUT2D eigenvalue weighted by Crippen LogP contribution is 2.38. The van der Waals surface area contributed by atoms with Gasteiger partial charge in [0.25, 0.3) is 0 Å². The van der Waals surface area contributed by atoms with E-state index in [0.29, 0.717) is 17.4 Å². The van der Waals surface area contributed by atoms with Crippen LogP contribution in [0.25, 0.3) is 0 Å². The van der Waals surface area contributed by atoms with Gasteiger partial charge in [0, 0.05) is 12.6 Å². The summed E-state index contributed by atoms with van der Waals surface area (Å²) >= 11 is 0. The molecule has 1 aliphatic heterocycles. The van der Waals surface area contributed by atoms with Gasteiger partial charge in [-0.25, -0.2) is 0 Å². The average molecular weight is 266 g/mol. The van der Waals surface area contributed by atoms with Gasteiger partial charge >= 0.3 is 0 Å². The van der Waals surface area contributed by atoms with Crippen LogP contribution in [0.15, 0.2) is 0 Å². The third kappa shape index (κ3) is 3.50. The zero-order valence-electron chi connectivity index (χ0n) is 12.8. The van der Waals surface area contributed by atoms with Gasteiger partial charge in [-0.2, -0.15) is 0 Å². The third-order valence-electron chi connectivity index (χ3n) is 4.99. The summed E-state index contributed by atoms with van der Waals surface area (Å²) in [5.41, 5.74) is 0.264. The summed E-state index contributed by atoms with van der Waals surface area (Å²) in [5, 5.41) is 6.77. The first-order chi connectivity index (χ1) is 8.97. The lowest BCUT2D eigenvalue weighted by molar-refractivity contribution is -0.133. The molecule has 0 bridgehead atoms. The zero-order valence-corrected chi connectivity index (χ0v) is 12.8. The number of piperidine rings is 1. The van der Waals surface area contributed by atoms with E-state index in [9.17, 15) is 4.79 Å². The van der Waals surface area contributed by atoms with Crippen LogP contribution in [0.1, 0.15) is 65.7 Å². The summed E-state index contributed by atoms with van der Waals surface area (Å²) in [6.45, 7) is 8.73. The molecule has 3 heteroatoms. The highest BCUT2D eigenvalue weighted by molar-refractivity contribution is 5.83. The molecule has 0 aromatic carbocycles. The minimum Gasteiger partial charge on any atom is -0.353 e. The molecule has 1 amide bonds. The topological polar surface area (TPSA) is 41.1 Å². The number of carbonyl (C=O) groups excluding carboxylic acids is 1. The van der Waals surface area contributed by atoms with Crippen molar-refractivity contribution in [2.24, 2.45) is 10.8 Å². The van der Waals surface area contributed by atoms with E-state index >= 15 is 0 Å². The lowest BCUT2D eigenvalue weighted by Gasteiger charge is -2.37. The predicted octanol–water partition coefficient (Wildman–Crippen LogP) is 2.85. The van der Waals surface area contributed by atoms with E-state index in [4.69, 9.17) is 0 Å². The Bertz CT molecular complexity index is 313. The lowest BCUT2D eigenvalue weighted by Crippen LogP contribution is -2.52. The highest BCUT2D eigenvalue weighted by atomic mass is 16.2. The SMILES string of the molecule is CCCC1(C(=O)NC2CCC(C)(C)C2)CCCNC1. The fourth-order valence-corrected chi connectivity index (χ4v) is 3.86. The maximum Gasteiger partial charge on any atom is 0.227 e. The molecule has 2 atom stereocenters. The second-order valence-corrected chi connectivity index (χ2v) is 7.39. The first-order valence-electron chi connectivity index (χ1n) is 7.99. The number of rotatable bonds is 4. The fourth-order valence-electron chi connectivity index (χ4n) is 3.86. The first-order valence-corrected chi connectivity index (χ1v) is 7.99. The second kappa shape index (κ2) is 5.82. The van der Waals surface area contributed by atoms with Crippen LogP contribution in [0.5, 0.6) is 0 Å². The number of nitrogens with one attached hydrogen (secondary N) is 2. The maximum atomic E-state index is 12.7. The molecular weight excluding hydrogens is 236 g/mol. The largest absolute Gasteiger partial charge is 0.353 e. The Morgan fingerprint density at radius 2 is 2.16 bits per heavy atom. The molecule has 2 aliphatic rings. The van der Waals surface area contributed by atoms with Gasteiger partial charge in [0.1, 0.15) is 0 Å². The van der Waals surface area contributed by atoms with E-state index in [1.165, 1.54) is 6.42 Å². The second-order valence-electron chi connectivity index (χ2n) is 7.39. The van der Waals surface area contributed by atoms with Crippen molar-refractivity contribution in [3.63, 3.8) is 0 Å². The minimum atomic E-state index is -0.139. The van der Waals surface area contributed by atoms with Crippen molar-refractivity contribution < 1.29 is 4.79 Å². The number of hydrogen-bond donors (Lipinski definition) is 2. The van der Waals surface area contributed by atoms with Gasteiger partial charge in [-0.3, -0.25) is 4.79 Å². The predicted molar refractivity (Wildman–Crippen MR) is 79.0 cm³/mol. The molecule has 0 aromatic heterocycles. The Kier molecular flexibility index (Phi) is 4.54. The monoisotopic (exact) mass is 266 g/mol. The Balaban J connectivity index is 1.96. The molecule has 19 heavy (non-hydrogen) atoms. The van der Waals surface area contributed by atoms with Gasteiger partial charge in [0.15, 0.2) is 0 Å². The summed E-state index contributed by atoms with van der Waals surface area (Å²) in [6, 6.07) is 0.401. The van der Waals surface area contributed by atoms with E-state index in [0.717, 1.165) is 51.6 Å². The standard InChI is InChI=1S/C16H30N2O/c1-4-7-16(8-5-10-17-12-16)14(19)18-13-6-9-15(2,3)11-13/h13,17H,4-12H2,1-3H3,(H,18,19). The quantitative estimate of drug-likeness (QED) is 0.821. The van der Waals surface area contributed by atoms with Crippen molar-refractivity contribution >= 4 is 5.91 Å². The van der Waals surface area contributed by atoms with Crippen LogP contribution in [0.4, 0.5) is 0 Å². The Hall–Kier alpha value is -0.570. The molecule has 3 nitrogen and oxygen atoms in total. The Morgan fingerprint density at radius 1 is 1.37 bits per heavy atom. The fraction of sp³-hybridized carbons (Fsp3) is 0.938. The zero-order chi connectivity index (χ0) is 13.9. The van der Waals surface area contributed by atoms with E-state index in [1.54, 1.807) is 0 Å². The first kappa shape index (κ1) is 14.8. The summed E-state index contributed by atoms with van der Waals surface area (Å²) in [5.74, 6) is 0.309. The molecule has 1 saturated heterocycles. The van der Waals surface area contributed by atoms with Gasteiger partial charge in [0.05, 0.1) is 5.41 Å². The average Bonchev–Trinajstić information content (AvgIpc) is 2.70. The molecule has 0 spiro atoms. The summed E-state index contributed by atoms with van der Waals surface area (Å²) in [4.78, 5) is 12.7. The molecule has 0 radical (unpaired) electrons. The smallest absolute Gasteiger partial charge is 0.227 e. The summed E-state index contributed by atoms with van der Waals surface area (Å²) < 4.78 is 0. The molecule has 1 aliphatic carbocycles. The summed E-state index contributed by atoms with van der Waals surface area (Å²) in [6.07, 6.45) is 7.80. The maximum absolute atomic E-state index is 12.7. The third-order valence-corrected chi connectivity index (χ3v) is 4.99. The van der Waals surface area contributed by atoms with Gasteiger partial charge in [-0.1, -0.05) is 27.2 Å². The number of amides is 1. The minimum absolute atomic E-state index is 0.139. The van der Waals surface area contributed by atoms with E-state index in [-0.39, 0.29) is 5.41 Å². The van der Waals surface area contributed by atoms with Crippen LogP contribution in [0, 0.1) is 10.8 Å². The molecule has 0 aromatic rings. The molecule has 110 valence electrons.